The minimum atomic E-state index is -3.61. The van der Waals surface area contributed by atoms with Crippen LogP contribution in [0.2, 0.25) is 0 Å². The van der Waals surface area contributed by atoms with Gasteiger partial charge in [0.1, 0.15) is 0 Å². The summed E-state index contributed by atoms with van der Waals surface area (Å²) in [4.78, 5) is 0.217. The molecule has 4 N–H and O–H groups in total. The van der Waals surface area contributed by atoms with Crippen molar-refractivity contribution in [2.45, 2.75) is 23.7 Å². The molecule has 76 valence electrons. The first-order chi connectivity index (χ1) is 6.48. The van der Waals surface area contributed by atoms with E-state index in [1.54, 1.807) is 12.1 Å². The third-order valence-electron chi connectivity index (χ3n) is 2.36. The molecule has 0 unspecified atom stereocenters. The Kier molecular flexibility index (Phi) is 2.01. The number of benzene rings is 1. The maximum Gasteiger partial charge on any atom is 0.238 e. The number of hydrogen-bond donors (Lipinski definition) is 2. The van der Waals surface area contributed by atoms with Gasteiger partial charge in [0.05, 0.1) is 4.90 Å². The zero-order valence-electron chi connectivity index (χ0n) is 7.60. The van der Waals surface area contributed by atoms with Crippen LogP contribution in [0.1, 0.15) is 24.3 Å². The first-order valence-electron chi connectivity index (χ1n) is 4.41. The van der Waals surface area contributed by atoms with Gasteiger partial charge in [0.15, 0.2) is 0 Å². The van der Waals surface area contributed by atoms with Crippen LogP contribution in [0, 0.1) is 0 Å². The second-order valence-electron chi connectivity index (χ2n) is 3.62. The highest BCUT2D eigenvalue weighted by Gasteiger charge is 2.29. The molecule has 5 heteroatoms. The number of hydrogen-bond acceptors (Lipinski definition) is 3. The summed E-state index contributed by atoms with van der Waals surface area (Å²) in [6.07, 6.45) is 2.04. The summed E-state index contributed by atoms with van der Waals surface area (Å²) in [5.41, 5.74) is 6.95. The number of nitrogens with two attached hydrogens (primary N) is 2. The fourth-order valence-corrected chi connectivity index (χ4v) is 2.35. The summed E-state index contributed by atoms with van der Waals surface area (Å²) in [6, 6.07) is 4.75. The predicted octanol–water partition coefficient (Wildman–Crippen LogP) is 0.794. The van der Waals surface area contributed by atoms with Gasteiger partial charge in [-0.1, -0.05) is 0 Å². The van der Waals surface area contributed by atoms with Crippen LogP contribution in [-0.4, -0.2) is 8.42 Å². The average molecular weight is 212 g/mol. The zero-order chi connectivity index (χ0) is 10.3. The van der Waals surface area contributed by atoms with Crippen LogP contribution in [0.15, 0.2) is 23.1 Å². The summed E-state index contributed by atoms with van der Waals surface area (Å²) in [5.74, 6) is 0.326. The lowest BCUT2D eigenvalue weighted by Gasteiger charge is -2.06. The van der Waals surface area contributed by atoms with E-state index in [-0.39, 0.29) is 4.90 Å². The molecular weight excluding hydrogens is 200 g/mol. The second-order valence-corrected chi connectivity index (χ2v) is 5.15. The smallest absolute Gasteiger partial charge is 0.238 e. The molecule has 1 fully saturated rings. The molecule has 1 aliphatic rings. The van der Waals surface area contributed by atoms with Crippen LogP contribution in [0.4, 0.5) is 5.69 Å². The minimum absolute atomic E-state index is 0.217. The SMILES string of the molecule is Nc1ccc(S(N)(=O)=O)c(C2CC2)c1. The summed E-state index contributed by atoms with van der Waals surface area (Å²) >= 11 is 0. The van der Waals surface area contributed by atoms with E-state index >= 15 is 0 Å². The lowest BCUT2D eigenvalue weighted by Crippen LogP contribution is -2.14. The quantitative estimate of drug-likeness (QED) is 0.711. The third kappa shape index (κ3) is 1.73. The number of sulfonamides is 1. The fraction of sp³-hybridized carbons (Fsp3) is 0.333. The predicted molar refractivity (Wildman–Crippen MR) is 54.2 cm³/mol. The highest BCUT2D eigenvalue weighted by atomic mass is 32.2. The lowest BCUT2D eigenvalue weighted by atomic mass is 10.1. The second kappa shape index (κ2) is 2.96. The maximum absolute atomic E-state index is 11.2. The Balaban J connectivity index is 2.59. The molecule has 0 spiro atoms. The van der Waals surface area contributed by atoms with Crippen molar-refractivity contribution < 1.29 is 8.42 Å². The topological polar surface area (TPSA) is 86.2 Å². The van der Waals surface area contributed by atoms with Crippen LogP contribution in [0.3, 0.4) is 0 Å². The molecule has 4 nitrogen and oxygen atoms in total. The van der Waals surface area contributed by atoms with Crippen molar-refractivity contribution in [1.82, 2.24) is 0 Å². The first-order valence-corrected chi connectivity index (χ1v) is 5.95. The molecule has 2 rings (SSSR count). The van der Waals surface area contributed by atoms with Gasteiger partial charge in [-0.3, -0.25) is 0 Å². The molecule has 1 aromatic carbocycles. The molecule has 14 heavy (non-hydrogen) atoms. The summed E-state index contributed by atoms with van der Waals surface area (Å²) in [7, 11) is -3.61. The van der Waals surface area contributed by atoms with E-state index in [2.05, 4.69) is 0 Å². The molecule has 0 amide bonds. The van der Waals surface area contributed by atoms with Gasteiger partial charge in [-0.2, -0.15) is 0 Å². The van der Waals surface area contributed by atoms with E-state index in [9.17, 15) is 8.42 Å². The van der Waals surface area contributed by atoms with Crippen LogP contribution in [0.25, 0.3) is 0 Å². The van der Waals surface area contributed by atoms with E-state index in [0.717, 1.165) is 18.4 Å². The molecule has 0 atom stereocenters. The number of anilines is 1. The van der Waals surface area contributed by atoms with Crippen LogP contribution >= 0.6 is 0 Å². The maximum atomic E-state index is 11.2. The summed E-state index contributed by atoms with van der Waals surface area (Å²) in [5, 5.41) is 5.10. The number of primary sulfonamides is 1. The van der Waals surface area contributed by atoms with E-state index in [1.165, 1.54) is 6.07 Å². The van der Waals surface area contributed by atoms with E-state index in [0.29, 0.717) is 11.6 Å². The highest BCUT2D eigenvalue weighted by Crippen LogP contribution is 2.43. The molecular formula is C9H12N2O2S. The molecule has 0 bridgehead atoms. The molecule has 0 aliphatic heterocycles. The van der Waals surface area contributed by atoms with Gasteiger partial charge in [-0.25, -0.2) is 13.6 Å². The Hall–Kier alpha value is -1.07. The Morgan fingerprint density at radius 1 is 1.29 bits per heavy atom. The van der Waals surface area contributed by atoms with Crippen LogP contribution in [0.5, 0.6) is 0 Å². The summed E-state index contributed by atoms with van der Waals surface area (Å²) in [6.45, 7) is 0. The van der Waals surface area contributed by atoms with Gasteiger partial charge in [0.2, 0.25) is 10.0 Å². The number of rotatable bonds is 2. The molecule has 0 radical (unpaired) electrons. The van der Waals surface area contributed by atoms with Crippen LogP contribution in [-0.2, 0) is 10.0 Å². The number of nitrogen functional groups attached to an aromatic ring is 1. The van der Waals surface area contributed by atoms with E-state index in [1.807, 2.05) is 0 Å². The Morgan fingerprint density at radius 3 is 2.43 bits per heavy atom. The average Bonchev–Trinajstić information content (AvgIpc) is 2.83. The third-order valence-corrected chi connectivity index (χ3v) is 3.34. The van der Waals surface area contributed by atoms with Crippen molar-refractivity contribution in [3.05, 3.63) is 23.8 Å². The molecule has 1 saturated carbocycles. The highest BCUT2D eigenvalue weighted by molar-refractivity contribution is 7.89. The Morgan fingerprint density at radius 2 is 1.93 bits per heavy atom. The van der Waals surface area contributed by atoms with Gasteiger partial charge < -0.3 is 5.73 Å². The molecule has 0 aromatic heterocycles. The standard InChI is InChI=1S/C9H12N2O2S/c10-7-3-4-9(14(11,12)13)8(5-7)6-1-2-6/h3-6H,1-2,10H2,(H2,11,12,13). The van der Waals surface area contributed by atoms with Crippen molar-refractivity contribution in [3.8, 4) is 0 Å². The minimum Gasteiger partial charge on any atom is -0.399 e. The largest absolute Gasteiger partial charge is 0.399 e. The van der Waals surface area contributed by atoms with E-state index < -0.39 is 10.0 Å². The van der Waals surface area contributed by atoms with E-state index in [4.69, 9.17) is 10.9 Å². The Labute approximate surface area is 83.0 Å². The monoisotopic (exact) mass is 212 g/mol. The summed E-state index contributed by atoms with van der Waals surface area (Å²) < 4.78 is 22.5. The first kappa shape index (κ1) is 9.48. The van der Waals surface area contributed by atoms with Crippen molar-refractivity contribution in [1.29, 1.82) is 0 Å². The molecule has 1 aromatic rings. The van der Waals surface area contributed by atoms with Gasteiger partial charge in [0, 0.05) is 5.69 Å². The lowest BCUT2D eigenvalue weighted by molar-refractivity contribution is 0.596. The van der Waals surface area contributed by atoms with Gasteiger partial charge >= 0.3 is 0 Å². The van der Waals surface area contributed by atoms with Crippen molar-refractivity contribution in [2.24, 2.45) is 5.14 Å². The Bertz CT molecular complexity index is 464. The van der Waals surface area contributed by atoms with Crippen molar-refractivity contribution in [2.75, 3.05) is 5.73 Å². The normalized spacial score (nSPS) is 16.9. The van der Waals surface area contributed by atoms with Gasteiger partial charge in [0.25, 0.3) is 0 Å². The fourth-order valence-electron chi connectivity index (χ4n) is 1.54. The van der Waals surface area contributed by atoms with Crippen molar-refractivity contribution >= 4 is 15.7 Å². The molecule has 0 saturated heterocycles. The molecule has 1 aliphatic carbocycles. The zero-order valence-corrected chi connectivity index (χ0v) is 8.42. The van der Waals surface area contributed by atoms with Crippen LogP contribution < -0.4 is 10.9 Å². The van der Waals surface area contributed by atoms with Crippen molar-refractivity contribution in [3.63, 3.8) is 0 Å². The molecule has 0 heterocycles. The van der Waals surface area contributed by atoms with Gasteiger partial charge in [-0.05, 0) is 42.5 Å². The van der Waals surface area contributed by atoms with Gasteiger partial charge in [-0.15, -0.1) is 0 Å².